The molecule has 3 aromatic rings. The maximum absolute atomic E-state index is 13.9. The van der Waals surface area contributed by atoms with Crippen LogP contribution in [0.4, 0.5) is 10.1 Å². The summed E-state index contributed by atoms with van der Waals surface area (Å²) in [6, 6.07) is 15.7. The van der Waals surface area contributed by atoms with Crippen molar-refractivity contribution < 1.29 is 22.4 Å². The fraction of sp³-hybridized carbons (Fsp3) is 0.333. The number of aryl methyl sites for hydroxylation is 2. The van der Waals surface area contributed by atoms with Gasteiger partial charge in [-0.1, -0.05) is 61.3 Å². The van der Waals surface area contributed by atoms with Gasteiger partial charge in [-0.25, -0.2) is 12.8 Å². The van der Waals surface area contributed by atoms with Crippen LogP contribution in [-0.4, -0.2) is 44.3 Å². The van der Waals surface area contributed by atoms with Crippen LogP contribution in [0.25, 0.3) is 0 Å². The molecule has 7 nitrogen and oxygen atoms in total. The third kappa shape index (κ3) is 7.82. The van der Waals surface area contributed by atoms with Gasteiger partial charge >= 0.3 is 0 Å². The lowest BCUT2D eigenvalue weighted by Gasteiger charge is -2.32. The second kappa shape index (κ2) is 13.3. The van der Waals surface area contributed by atoms with E-state index in [0.29, 0.717) is 17.1 Å². The quantitative estimate of drug-likeness (QED) is 0.322. The summed E-state index contributed by atoms with van der Waals surface area (Å²) < 4.78 is 42.3. The van der Waals surface area contributed by atoms with Gasteiger partial charge in [0.25, 0.3) is 10.0 Å². The lowest BCUT2D eigenvalue weighted by atomic mass is 10.1. The molecule has 3 aromatic carbocycles. The zero-order chi connectivity index (χ0) is 29.6. The van der Waals surface area contributed by atoms with Crippen LogP contribution in [0.5, 0.6) is 0 Å². The molecule has 1 N–H and O–H groups in total. The second-order valence-corrected chi connectivity index (χ2v) is 12.5. The molecule has 0 aliphatic carbocycles. The highest BCUT2D eigenvalue weighted by Gasteiger charge is 2.32. The minimum atomic E-state index is -4.20. The van der Waals surface area contributed by atoms with E-state index in [1.807, 2.05) is 20.8 Å². The molecule has 0 aliphatic rings. The number of carbonyl (C=O) groups is 2. The topological polar surface area (TPSA) is 86.8 Å². The Hall–Kier alpha value is -3.43. The van der Waals surface area contributed by atoms with Crippen LogP contribution in [0, 0.1) is 25.6 Å². The highest BCUT2D eigenvalue weighted by Crippen LogP contribution is 2.29. The molecule has 0 saturated heterocycles. The van der Waals surface area contributed by atoms with Gasteiger partial charge in [0.05, 0.1) is 10.6 Å². The predicted molar refractivity (Wildman–Crippen MR) is 156 cm³/mol. The third-order valence-electron chi connectivity index (χ3n) is 6.45. The van der Waals surface area contributed by atoms with E-state index in [1.165, 1.54) is 47.4 Å². The normalized spacial score (nSPS) is 12.2. The number of amides is 2. The van der Waals surface area contributed by atoms with Gasteiger partial charge in [0.2, 0.25) is 11.8 Å². The molecule has 0 aromatic heterocycles. The van der Waals surface area contributed by atoms with Gasteiger partial charge in [-0.3, -0.25) is 13.9 Å². The summed E-state index contributed by atoms with van der Waals surface area (Å²) in [4.78, 5) is 28.2. The number of carbonyl (C=O) groups excluding carboxylic acids is 2. The SMILES string of the molecule is Cc1ccc(S(=O)(=O)N(CC(=O)N(Cc2ccc(F)cc2)[C@H](C)C(=O)NCC(C)C)c2ccc(C)c(Cl)c2)cc1. The smallest absolute Gasteiger partial charge is 0.264 e. The zero-order valence-corrected chi connectivity index (χ0v) is 24.9. The monoisotopic (exact) mass is 587 g/mol. The molecular weight excluding hydrogens is 553 g/mol. The average molecular weight is 588 g/mol. The fourth-order valence-corrected chi connectivity index (χ4v) is 5.51. The van der Waals surface area contributed by atoms with E-state index in [0.717, 1.165) is 15.4 Å². The number of nitrogens with one attached hydrogen (secondary N) is 1. The van der Waals surface area contributed by atoms with Crippen LogP contribution in [0.3, 0.4) is 0 Å². The van der Waals surface area contributed by atoms with E-state index in [-0.39, 0.29) is 29.0 Å². The molecule has 1 atom stereocenters. The molecule has 0 spiro atoms. The summed E-state index contributed by atoms with van der Waals surface area (Å²) in [5.74, 6) is -1.23. The Morgan fingerprint density at radius 3 is 2.15 bits per heavy atom. The summed E-state index contributed by atoms with van der Waals surface area (Å²) in [6.45, 7) is 8.92. The zero-order valence-electron chi connectivity index (χ0n) is 23.3. The number of rotatable bonds is 11. The molecular formula is C30H35ClFN3O4S. The number of benzene rings is 3. The Kier molecular flexibility index (Phi) is 10.3. The summed E-state index contributed by atoms with van der Waals surface area (Å²) in [7, 11) is -4.20. The molecule has 0 aliphatic heterocycles. The maximum atomic E-state index is 13.9. The van der Waals surface area contributed by atoms with Crippen LogP contribution in [0.2, 0.25) is 5.02 Å². The molecule has 0 unspecified atom stereocenters. The van der Waals surface area contributed by atoms with E-state index in [4.69, 9.17) is 11.6 Å². The minimum absolute atomic E-state index is 0.00964. The number of nitrogens with zero attached hydrogens (tertiary/aromatic N) is 2. The molecule has 0 bridgehead atoms. The van der Waals surface area contributed by atoms with Crippen molar-refractivity contribution in [2.75, 3.05) is 17.4 Å². The summed E-state index contributed by atoms with van der Waals surface area (Å²) in [6.07, 6.45) is 0. The van der Waals surface area contributed by atoms with Gasteiger partial charge in [0.1, 0.15) is 18.4 Å². The number of hydrogen-bond donors (Lipinski definition) is 1. The van der Waals surface area contributed by atoms with Gasteiger partial charge < -0.3 is 10.2 Å². The van der Waals surface area contributed by atoms with Crippen LogP contribution in [0.15, 0.2) is 71.6 Å². The second-order valence-electron chi connectivity index (χ2n) is 10.2. The molecule has 0 heterocycles. The fourth-order valence-electron chi connectivity index (χ4n) is 3.92. The predicted octanol–water partition coefficient (Wildman–Crippen LogP) is 5.48. The van der Waals surface area contributed by atoms with Gasteiger partial charge in [-0.15, -0.1) is 0 Å². The van der Waals surface area contributed by atoms with E-state index in [2.05, 4.69) is 5.32 Å². The van der Waals surface area contributed by atoms with Gasteiger partial charge in [-0.2, -0.15) is 0 Å². The van der Waals surface area contributed by atoms with E-state index >= 15 is 0 Å². The lowest BCUT2D eigenvalue weighted by molar-refractivity contribution is -0.139. The van der Waals surface area contributed by atoms with E-state index < -0.39 is 34.3 Å². The van der Waals surface area contributed by atoms with Crippen LogP contribution < -0.4 is 9.62 Å². The van der Waals surface area contributed by atoms with Crippen molar-refractivity contribution in [2.24, 2.45) is 5.92 Å². The Morgan fingerprint density at radius 1 is 0.950 bits per heavy atom. The van der Waals surface area contributed by atoms with Crippen molar-refractivity contribution in [3.63, 3.8) is 0 Å². The molecule has 0 saturated carbocycles. The first-order chi connectivity index (χ1) is 18.8. The third-order valence-corrected chi connectivity index (χ3v) is 8.64. The molecule has 40 heavy (non-hydrogen) atoms. The first-order valence-electron chi connectivity index (χ1n) is 13.0. The van der Waals surface area contributed by atoms with Crippen LogP contribution >= 0.6 is 11.6 Å². The maximum Gasteiger partial charge on any atom is 0.264 e. The molecule has 214 valence electrons. The summed E-state index contributed by atoms with van der Waals surface area (Å²) in [5.41, 5.74) is 2.43. The first-order valence-corrected chi connectivity index (χ1v) is 14.8. The number of hydrogen-bond acceptors (Lipinski definition) is 4. The average Bonchev–Trinajstić information content (AvgIpc) is 2.91. The van der Waals surface area contributed by atoms with Crippen molar-refractivity contribution in [3.8, 4) is 0 Å². The lowest BCUT2D eigenvalue weighted by Crippen LogP contribution is -2.51. The van der Waals surface area contributed by atoms with Crippen molar-refractivity contribution >= 4 is 39.1 Å². The van der Waals surface area contributed by atoms with Crippen LogP contribution in [-0.2, 0) is 26.2 Å². The minimum Gasteiger partial charge on any atom is -0.354 e. The number of halogens is 2. The highest BCUT2D eigenvalue weighted by molar-refractivity contribution is 7.92. The van der Waals surface area contributed by atoms with E-state index in [1.54, 1.807) is 38.1 Å². The number of anilines is 1. The van der Waals surface area contributed by atoms with E-state index in [9.17, 15) is 22.4 Å². The Balaban J connectivity index is 2.03. The van der Waals surface area contributed by atoms with Crippen LogP contribution in [0.1, 0.15) is 37.5 Å². The highest BCUT2D eigenvalue weighted by atomic mass is 35.5. The largest absolute Gasteiger partial charge is 0.354 e. The van der Waals surface area contributed by atoms with Crippen molar-refractivity contribution in [2.45, 2.75) is 52.1 Å². The Labute approximate surface area is 241 Å². The molecule has 0 fully saturated rings. The number of sulfonamides is 1. The molecule has 10 heteroatoms. The van der Waals surface area contributed by atoms with Gasteiger partial charge in [-0.05, 0) is 74.2 Å². The van der Waals surface area contributed by atoms with Gasteiger partial charge in [0.15, 0.2) is 0 Å². The molecule has 0 radical (unpaired) electrons. The Bertz CT molecular complexity index is 1440. The van der Waals surface area contributed by atoms with Crippen molar-refractivity contribution in [1.82, 2.24) is 10.2 Å². The Morgan fingerprint density at radius 2 is 1.57 bits per heavy atom. The summed E-state index contributed by atoms with van der Waals surface area (Å²) >= 11 is 6.35. The van der Waals surface area contributed by atoms with Gasteiger partial charge in [0, 0.05) is 18.1 Å². The van der Waals surface area contributed by atoms with Crippen molar-refractivity contribution in [1.29, 1.82) is 0 Å². The molecule has 3 rings (SSSR count). The first kappa shape index (κ1) is 31.1. The van der Waals surface area contributed by atoms with Crippen molar-refractivity contribution in [3.05, 3.63) is 94.3 Å². The standard InChI is InChI=1S/C30H35ClFN3O4S/c1-20(2)17-33-30(37)23(5)34(18-24-9-11-25(32)12-10-24)29(36)19-35(26-13-8-22(4)28(31)16-26)40(38,39)27-14-6-21(3)7-15-27/h6-16,20,23H,17-19H2,1-5H3,(H,33,37)/t23-/m1/s1. The summed E-state index contributed by atoms with van der Waals surface area (Å²) in [5, 5.41) is 3.18. The molecule has 2 amide bonds.